The Bertz CT molecular complexity index is 2050. The summed E-state index contributed by atoms with van der Waals surface area (Å²) in [5.41, 5.74) is 9.37. The maximum Gasteiger partial charge on any atom is 0.430 e. The number of carboxylic acid groups (broad SMARTS) is 3. The highest BCUT2D eigenvalue weighted by Gasteiger charge is 2.47. The minimum atomic E-state index is -5.27. The van der Waals surface area contributed by atoms with Crippen molar-refractivity contribution in [2.45, 2.75) is 61.9 Å². The maximum absolute atomic E-state index is 14.5. The number of allylic oxidation sites excluding steroid dienone is 3. The molecular formula is C33H39F3N4O12S2. The van der Waals surface area contributed by atoms with Crippen molar-refractivity contribution >= 4 is 49.4 Å². The highest BCUT2D eigenvalue weighted by molar-refractivity contribution is 7.94. The number of hydrogen-bond donors (Lipinski definition) is 5. The van der Waals surface area contributed by atoms with Crippen LogP contribution in [0, 0.1) is 5.92 Å². The molecule has 21 heteroatoms. The number of rotatable bonds is 16. The van der Waals surface area contributed by atoms with Crippen molar-refractivity contribution in [3.05, 3.63) is 75.9 Å². The SMILES string of the molecule is Nc1ccc2c(c1S(=O)(=O)[O-])OC1=C(S(=O)(=O)N(CCCCC[NH3+])CCCCCC(=O)O)C(=[NH2+])C=CC1C2c1ccccc1C(=O)O.O=C([O-])C(F)(F)F. The molecule has 1 aliphatic heterocycles. The molecule has 1 aliphatic carbocycles. The Balaban J connectivity index is 0.00000102. The molecule has 0 amide bonds. The monoisotopic (exact) mass is 804 g/mol. The average Bonchev–Trinajstić information content (AvgIpc) is 3.06. The predicted octanol–water partition coefficient (Wildman–Crippen LogP) is -0.0193. The molecule has 0 bridgehead atoms. The molecule has 296 valence electrons. The lowest BCUT2D eigenvalue weighted by atomic mass is 9.74. The number of nitrogen functional groups attached to an aromatic ring is 1. The van der Waals surface area contributed by atoms with Crippen molar-refractivity contribution in [2.24, 2.45) is 5.92 Å². The number of alkyl halides is 3. The second-order valence-electron chi connectivity index (χ2n) is 12.2. The van der Waals surface area contributed by atoms with Gasteiger partial charge < -0.3 is 40.9 Å². The predicted molar refractivity (Wildman–Crippen MR) is 181 cm³/mol. The molecule has 4 rings (SSSR count). The summed E-state index contributed by atoms with van der Waals surface area (Å²) in [5.74, 6) is -8.00. The third kappa shape index (κ3) is 10.4. The van der Waals surface area contributed by atoms with Gasteiger partial charge in [-0.15, -0.1) is 0 Å². The van der Waals surface area contributed by atoms with E-state index in [0.29, 0.717) is 38.6 Å². The molecule has 2 unspecified atom stereocenters. The van der Waals surface area contributed by atoms with Crippen LogP contribution >= 0.6 is 0 Å². The van der Waals surface area contributed by atoms with E-state index in [0.717, 1.165) is 6.42 Å². The van der Waals surface area contributed by atoms with Gasteiger partial charge in [-0.05, 0) is 49.8 Å². The molecule has 0 aromatic heterocycles. The standard InChI is InChI=1S/C31H38N4O10S2.C2HF3O2/c32-16-6-2-8-18-35(17-7-1-3-11-25(36)37)46(40,41)29-23(33)14-12-21-26(19-9-4-5-10-20(19)31(38)39)22-13-15-24(34)30(47(42,43)44)28(22)45-27(21)29;3-2(4,5)1(6)7/h4-5,9-10,12-15,21,26,33H,1-3,6-8,11,16-18,32,34H2,(H,36,37)(H,38,39)(H,42,43,44);(H,6,7). The smallest absolute Gasteiger partial charge is 0.430 e. The number of fused-ring (bicyclic) bond motifs is 2. The number of nitrogens with two attached hydrogens (primary N) is 2. The normalized spacial score (nSPS) is 16.9. The number of unbranched alkanes of at least 4 members (excludes halogenated alkanes) is 4. The number of carboxylic acids is 3. The number of ether oxygens (including phenoxy) is 1. The Hall–Kier alpha value is -4.83. The van der Waals surface area contributed by atoms with Gasteiger partial charge in [0.05, 0.1) is 17.8 Å². The quantitative estimate of drug-likeness (QED) is 0.0848. The number of aromatic carboxylic acids is 1. The Labute approximate surface area is 308 Å². The largest absolute Gasteiger partial charge is 0.744 e. The number of quaternary nitrogens is 1. The molecule has 2 aromatic carbocycles. The summed E-state index contributed by atoms with van der Waals surface area (Å²) < 4.78 is 105. The van der Waals surface area contributed by atoms with Crippen molar-refractivity contribution < 1.29 is 80.1 Å². The van der Waals surface area contributed by atoms with Crippen LogP contribution < -0.4 is 26.7 Å². The van der Waals surface area contributed by atoms with E-state index in [1.54, 1.807) is 12.1 Å². The first kappa shape index (κ1) is 43.6. The summed E-state index contributed by atoms with van der Waals surface area (Å²) in [5, 5.41) is 34.2. The Kier molecular flexibility index (Phi) is 14.5. The molecular weight excluding hydrogens is 766 g/mol. The molecule has 2 aromatic rings. The molecule has 9 N–H and O–H groups in total. The Morgan fingerprint density at radius 3 is 2.07 bits per heavy atom. The average molecular weight is 805 g/mol. The van der Waals surface area contributed by atoms with Crippen molar-refractivity contribution in [1.29, 1.82) is 0 Å². The second kappa shape index (κ2) is 18.0. The topological polar surface area (TPSA) is 298 Å². The van der Waals surface area contributed by atoms with Gasteiger partial charge in [0.25, 0.3) is 10.0 Å². The van der Waals surface area contributed by atoms with E-state index in [1.807, 2.05) is 0 Å². The molecule has 54 heavy (non-hydrogen) atoms. The number of nitrogens with zero attached hydrogens (tertiary/aromatic N) is 1. The molecule has 2 aliphatic rings. The third-order valence-corrected chi connectivity index (χ3v) is 11.3. The van der Waals surface area contributed by atoms with Crippen LogP contribution in [-0.2, 0) is 29.7 Å². The zero-order chi connectivity index (χ0) is 40.6. The number of benzene rings is 2. The Morgan fingerprint density at radius 1 is 0.944 bits per heavy atom. The van der Waals surface area contributed by atoms with Crippen molar-refractivity contribution in [3.63, 3.8) is 0 Å². The number of halogens is 3. The first-order chi connectivity index (χ1) is 25.1. The summed E-state index contributed by atoms with van der Waals surface area (Å²) in [4.78, 5) is 30.7. The summed E-state index contributed by atoms with van der Waals surface area (Å²) in [6.07, 6.45) is 0.838. The number of aliphatic carboxylic acids is 2. The zero-order valence-corrected chi connectivity index (χ0v) is 30.2. The van der Waals surface area contributed by atoms with E-state index in [9.17, 15) is 49.3 Å². The van der Waals surface area contributed by atoms with Crippen molar-refractivity contribution in [2.75, 3.05) is 25.4 Å². The molecule has 0 saturated heterocycles. The highest BCUT2D eigenvalue weighted by Crippen LogP contribution is 2.52. The summed E-state index contributed by atoms with van der Waals surface area (Å²) >= 11 is 0. The minimum Gasteiger partial charge on any atom is -0.744 e. The third-order valence-electron chi connectivity index (χ3n) is 8.41. The fourth-order valence-corrected chi connectivity index (χ4v) is 8.55. The van der Waals surface area contributed by atoms with Gasteiger partial charge in [0.2, 0.25) is 5.71 Å². The van der Waals surface area contributed by atoms with Gasteiger partial charge in [-0.2, -0.15) is 17.5 Å². The van der Waals surface area contributed by atoms with Crippen LogP contribution in [0.3, 0.4) is 0 Å². The van der Waals surface area contributed by atoms with Crippen molar-refractivity contribution in [1.82, 2.24) is 4.31 Å². The molecule has 1 heterocycles. The second-order valence-corrected chi connectivity index (χ2v) is 15.4. The van der Waals surface area contributed by atoms with Crippen LogP contribution in [-0.4, -0.2) is 85.3 Å². The van der Waals surface area contributed by atoms with Crippen LogP contribution in [0.4, 0.5) is 18.9 Å². The van der Waals surface area contributed by atoms with Gasteiger partial charge in [-0.25, -0.2) is 21.6 Å². The fourth-order valence-electron chi connectivity index (χ4n) is 6.01. The van der Waals surface area contributed by atoms with Gasteiger partial charge in [0, 0.05) is 43.0 Å². The van der Waals surface area contributed by atoms with E-state index in [1.165, 1.54) is 40.7 Å². The molecule has 16 nitrogen and oxygen atoms in total. The lowest BCUT2D eigenvalue weighted by Gasteiger charge is -2.38. The van der Waals surface area contributed by atoms with Gasteiger partial charge in [-0.3, -0.25) is 10.2 Å². The number of hydrogen-bond acceptors (Lipinski definition) is 11. The summed E-state index contributed by atoms with van der Waals surface area (Å²) in [6.45, 7) is 0.819. The van der Waals surface area contributed by atoms with Gasteiger partial charge >= 0.3 is 18.1 Å². The number of carbonyl (C=O) groups excluding carboxylic acids is 1. The van der Waals surface area contributed by atoms with Gasteiger partial charge in [-0.1, -0.05) is 36.8 Å². The van der Waals surface area contributed by atoms with E-state index < -0.39 is 77.3 Å². The minimum absolute atomic E-state index is 0.0414. The molecule has 0 saturated carbocycles. The summed E-state index contributed by atoms with van der Waals surface area (Å²) in [6, 6.07) is 8.63. The number of carbonyl (C=O) groups is 3. The van der Waals surface area contributed by atoms with E-state index in [-0.39, 0.29) is 47.7 Å². The molecule has 0 radical (unpaired) electrons. The number of anilines is 1. The molecule has 0 spiro atoms. The zero-order valence-electron chi connectivity index (χ0n) is 28.6. The lowest BCUT2D eigenvalue weighted by Crippen LogP contribution is -2.50. The molecule has 2 atom stereocenters. The number of sulfonamides is 1. The van der Waals surface area contributed by atoms with E-state index in [4.69, 9.17) is 30.9 Å². The fraction of sp³-hybridized carbons (Fsp3) is 0.394. The van der Waals surface area contributed by atoms with Crippen LogP contribution in [0.2, 0.25) is 0 Å². The maximum atomic E-state index is 14.5. The van der Waals surface area contributed by atoms with Crippen LogP contribution in [0.15, 0.2) is 64.1 Å². The summed E-state index contributed by atoms with van der Waals surface area (Å²) in [7, 11) is -9.73. The Morgan fingerprint density at radius 2 is 1.54 bits per heavy atom. The first-order valence-electron chi connectivity index (χ1n) is 16.4. The van der Waals surface area contributed by atoms with E-state index in [2.05, 4.69) is 5.73 Å². The van der Waals surface area contributed by atoms with Crippen LogP contribution in [0.1, 0.15) is 72.3 Å². The van der Waals surface area contributed by atoms with Crippen molar-refractivity contribution in [3.8, 4) is 5.75 Å². The lowest BCUT2D eigenvalue weighted by molar-refractivity contribution is -0.368. The molecule has 0 fully saturated rings. The van der Waals surface area contributed by atoms with Crippen LogP contribution in [0.25, 0.3) is 0 Å². The first-order valence-corrected chi connectivity index (χ1v) is 19.2. The van der Waals surface area contributed by atoms with Crippen LogP contribution in [0.5, 0.6) is 5.75 Å². The van der Waals surface area contributed by atoms with E-state index >= 15 is 0 Å². The highest BCUT2D eigenvalue weighted by atomic mass is 32.2. The van der Waals surface area contributed by atoms with Gasteiger partial charge in [0.1, 0.15) is 32.5 Å². The van der Waals surface area contributed by atoms with Gasteiger partial charge in [0.15, 0.2) is 4.91 Å².